The second-order valence-electron chi connectivity index (χ2n) is 4.21. The maximum Gasteiger partial charge on any atom is 0.294 e. The van der Waals surface area contributed by atoms with Crippen LogP contribution in [0.15, 0.2) is 52.0 Å². The van der Waals surface area contributed by atoms with Crippen LogP contribution in [-0.2, 0) is 10.0 Å². The number of carbonyl (C=O) groups excluding carboxylic acids is 1. The smallest absolute Gasteiger partial charge is 0.294 e. The summed E-state index contributed by atoms with van der Waals surface area (Å²) in [5.41, 5.74) is 0.722. The topological polar surface area (TPSA) is 79.6 Å². The summed E-state index contributed by atoms with van der Waals surface area (Å²) in [6, 6.07) is 11.7. The van der Waals surface area contributed by atoms with Crippen molar-refractivity contribution in [2.24, 2.45) is 0 Å². The average molecular weight is 308 g/mol. The molecule has 1 aromatic heterocycles. The van der Waals surface area contributed by atoms with Crippen molar-refractivity contribution in [2.45, 2.75) is 12.0 Å². The van der Waals surface area contributed by atoms with E-state index in [4.69, 9.17) is 4.42 Å². The molecule has 1 amide bonds. The Hall–Kier alpha value is -2.12. The van der Waals surface area contributed by atoms with E-state index in [1.54, 1.807) is 12.1 Å². The van der Waals surface area contributed by atoms with Crippen molar-refractivity contribution in [3.63, 3.8) is 0 Å². The lowest BCUT2D eigenvalue weighted by atomic mass is 10.2. The van der Waals surface area contributed by atoms with Gasteiger partial charge < -0.3 is 9.32 Å². The van der Waals surface area contributed by atoms with Crippen molar-refractivity contribution >= 4 is 21.6 Å². The zero-order valence-electron chi connectivity index (χ0n) is 11.7. The van der Waals surface area contributed by atoms with Crippen LogP contribution < -0.4 is 9.62 Å². The van der Waals surface area contributed by atoms with Gasteiger partial charge in [-0.25, -0.2) is 13.1 Å². The first-order chi connectivity index (χ1) is 9.99. The van der Waals surface area contributed by atoms with Gasteiger partial charge in [0.25, 0.3) is 15.9 Å². The predicted molar refractivity (Wildman–Crippen MR) is 78.7 cm³/mol. The summed E-state index contributed by atoms with van der Waals surface area (Å²) in [5, 5.41) is -0.280. The number of rotatable bonds is 5. The highest BCUT2D eigenvalue weighted by atomic mass is 32.2. The van der Waals surface area contributed by atoms with Gasteiger partial charge >= 0.3 is 0 Å². The summed E-state index contributed by atoms with van der Waals surface area (Å²) >= 11 is 0. The molecule has 0 aliphatic heterocycles. The monoisotopic (exact) mass is 308 g/mol. The number of nitrogens with zero attached hydrogens (tertiary/aromatic N) is 1. The Kier molecular flexibility index (Phi) is 4.44. The zero-order chi connectivity index (χ0) is 15.5. The van der Waals surface area contributed by atoms with Crippen LogP contribution in [-0.4, -0.2) is 27.9 Å². The standard InChI is InChI=1S/C14H16N2O4S/c1-3-16(11-7-5-4-6-8-11)14(17)12-9-10-13(20-12)21(18,19)15-2/h4-10,15H,3H2,1-2H3. The molecule has 0 radical (unpaired) electrons. The van der Waals surface area contributed by atoms with Crippen molar-refractivity contribution in [2.75, 3.05) is 18.5 Å². The molecular formula is C14H16N2O4S. The third kappa shape index (κ3) is 3.14. The van der Waals surface area contributed by atoms with Crippen LogP contribution >= 0.6 is 0 Å². The van der Waals surface area contributed by atoms with Gasteiger partial charge in [0.05, 0.1) is 0 Å². The van der Waals surface area contributed by atoms with E-state index < -0.39 is 10.0 Å². The molecule has 21 heavy (non-hydrogen) atoms. The van der Waals surface area contributed by atoms with Crippen LogP contribution in [0.5, 0.6) is 0 Å². The Labute approximate surface area is 123 Å². The van der Waals surface area contributed by atoms with E-state index in [1.807, 2.05) is 25.1 Å². The van der Waals surface area contributed by atoms with Gasteiger partial charge in [-0.15, -0.1) is 0 Å². The molecule has 0 bridgehead atoms. The molecule has 1 aromatic carbocycles. The molecule has 0 saturated heterocycles. The minimum Gasteiger partial charge on any atom is -0.438 e. The largest absolute Gasteiger partial charge is 0.438 e. The summed E-state index contributed by atoms with van der Waals surface area (Å²) in [5.74, 6) is -0.407. The molecule has 7 heteroatoms. The van der Waals surface area contributed by atoms with Crippen molar-refractivity contribution in [3.05, 3.63) is 48.2 Å². The maximum absolute atomic E-state index is 12.4. The summed E-state index contributed by atoms with van der Waals surface area (Å²) < 4.78 is 30.5. The fourth-order valence-electron chi connectivity index (χ4n) is 1.86. The molecule has 0 saturated carbocycles. The van der Waals surface area contributed by atoms with E-state index in [-0.39, 0.29) is 16.8 Å². The number of amides is 1. The lowest BCUT2D eigenvalue weighted by molar-refractivity contribution is 0.0956. The predicted octanol–water partition coefficient (Wildman–Crippen LogP) is 1.85. The van der Waals surface area contributed by atoms with Crippen LogP contribution in [0.1, 0.15) is 17.5 Å². The number of nitrogens with one attached hydrogen (secondary N) is 1. The number of carbonyl (C=O) groups is 1. The van der Waals surface area contributed by atoms with E-state index in [0.717, 1.165) is 5.69 Å². The first-order valence-corrected chi connectivity index (χ1v) is 7.88. The van der Waals surface area contributed by atoms with E-state index in [0.29, 0.717) is 6.54 Å². The fraction of sp³-hybridized carbons (Fsp3) is 0.214. The molecule has 0 aliphatic rings. The molecule has 0 atom stereocenters. The van der Waals surface area contributed by atoms with E-state index in [9.17, 15) is 13.2 Å². The van der Waals surface area contributed by atoms with E-state index in [1.165, 1.54) is 24.1 Å². The Morgan fingerprint density at radius 2 is 1.86 bits per heavy atom. The summed E-state index contributed by atoms with van der Waals surface area (Å²) in [6.45, 7) is 2.27. The summed E-state index contributed by atoms with van der Waals surface area (Å²) in [4.78, 5) is 13.9. The van der Waals surface area contributed by atoms with Crippen LogP contribution in [0.25, 0.3) is 0 Å². The van der Waals surface area contributed by atoms with Gasteiger partial charge in [-0.1, -0.05) is 18.2 Å². The Morgan fingerprint density at radius 3 is 2.43 bits per heavy atom. The van der Waals surface area contributed by atoms with Gasteiger partial charge in [0.1, 0.15) is 0 Å². The lowest BCUT2D eigenvalue weighted by Gasteiger charge is -2.19. The minimum absolute atomic E-state index is 0.0190. The number of sulfonamides is 1. The molecule has 2 aromatic rings. The van der Waals surface area contributed by atoms with Crippen LogP contribution in [0.2, 0.25) is 0 Å². The summed E-state index contributed by atoms with van der Waals surface area (Å²) in [6.07, 6.45) is 0. The van der Waals surface area contributed by atoms with Crippen molar-refractivity contribution in [1.29, 1.82) is 0 Å². The molecule has 0 spiro atoms. The molecule has 0 unspecified atom stereocenters. The van der Waals surface area contributed by atoms with E-state index >= 15 is 0 Å². The van der Waals surface area contributed by atoms with Crippen LogP contribution in [0.4, 0.5) is 5.69 Å². The normalized spacial score (nSPS) is 11.3. The Bertz CT molecular complexity index is 722. The molecule has 6 nitrogen and oxygen atoms in total. The van der Waals surface area contributed by atoms with Gasteiger partial charge in [0.15, 0.2) is 5.76 Å². The lowest BCUT2D eigenvalue weighted by Crippen LogP contribution is -2.30. The maximum atomic E-state index is 12.4. The molecule has 0 fully saturated rings. The second-order valence-corrected chi connectivity index (χ2v) is 6.03. The molecular weight excluding hydrogens is 292 g/mol. The van der Waals surface area contributed by atoms with E-state index in [2.05, 4.69) is 4.72 Å². The number of hydrogen-bond donors (Lipinski definition) is 1. The van der Waals surface area contributed by atoms with Gasteiger partial charge in [0.2, 0.25) is 5.09 Å². The molecule has 1 heterocycles. The Morgan fingerprint density at radius 1 is 1.19 bits per heavy atom. The van der Waals surface area contributed by atoms with Gasteiger partial charge in [-0.3, -0.25) is 4.79 Å². The number of furan rings is 1. The first kappa shape index (κ1) is 15.3. The number of anilines is 1. The quantitative estimate of drug-likeness (QED) is 0.914. The van der Waals surface area contributed by atoms with Gasteiger partial charge in [-0.2, -0.15) is 0 Å². The number of para-hydroxylation sites is 1. The summed E-state index contributed by atoms with van der Waals surface area (Å²) in [7, 11) is -2.42. The number of benzene rings is 1. The third-order valence-electron chi connectivity index (χ3n) is 2.95. The second kappa shape index (κ2) is 6.11. The van der Waals surface area contributed by atoms with Crippen molar-refractivity contribution in [3.8, 4) is 0 Å². The first-order valence-electron chi connectivity index (χ1n) is 6.40. The van der Waals surface area contributed by atoms with Gasteiger partial charge in [-0.05, 0) is 38.2 Å². The number of hydrogen-bond acceptors (Lipinski definition) is 4. The highest BCUT2D eigenvalue weighted by Gasteiger charge is 2.23. The fourth-order valence-corrected chi connectivity index (χ4v) is 2.51. The van der Waals surface area contributed by atoms with Crippen molar-refractivity contribution < 1.29 is 17.6 Å². The third-order valence-corrected chi connectivity index (χ3v) is 4.24. The molecule has 0 aliphatic carbocycles. The van der Waals surface area contributed by atoms with Crippen LogP contribution in [0, 0.1) is 0 Å². The minimum atomic E-state index is -3.70. The molecule has 112 valence electrons. The van der Waals surface area contributed by atoms with Crippen molar-refractivity contribution in [1.82, 2.24) is 4.72 Å². The SMILES string of the molecule is CCN(C(=O)c1ccc(S(=O)(=O)NC)o1)c1ccccc1. The van der Waals surface area contributed by atoms with Gasteiger partial charge in [0, 0.05) is 12.2 Å². The molecule has 2 rings (SSSR count). The van der Waals surface area contributed by atoms with Crippen LogP contribution in [0.3, 0.4) is 0 Å². The highest BCUT2D eigenvalue weighted by Crippen LogP contribution is 2.19. The molecule has 1 N–H and O–H groups in total. The average Bonchev–Trinajstić information content (AvgIpc) is 2.99. The Balaban J connectivity index is 2.32. The highest BCUT2D eigenvalue weighted by molar-refractivity contribution is 7.89. The zero-order valence-corrected chi connectivity index (χ0v) is 12.6.